The summed E-state index contributed by atoms with van der Waals surface area (Å²) in [5.74, 6) is -1.53. The predicted octanol–water partition coefficient (Wildman–Crippen LogP) is 1.06. The molecule has 0 bridgehead atoms. The second-order valence-corrected chi connectivity index (χ2v) is 3.81. The van der Waals surface area contributed by atoms with Gasteiger partial charge in [0.05, 0.1) is 5.56 Å². The first-order valence-electron chi connectivity index (χ1n) is 5.17. The molecule has 1 aromatic heterocycles. The van der Waals surface area contributed by atoms with Gasteiger partial charge >= 0.3 is 5.97 Å². The maximum Gasteiger partial charge on any atom is 0.338 e. The normalized spacial score (nSPS) is 15.2. The molecule has 1 amide bonds. The van der Waals surface area contributed by atoms with Gasteiger partial charge in [0.15, 0.2) is 0 Å². The summed E-state index contributed by atoms with van der Waals surface area (Å²) in [7, 11) is 0. The molecule has 1 aromatic rings. The zero-order valence-electron chi connectivity index (χ0n) is 8.64. The second kappa shape index (κ2) is 4.30. The number of rotatable bonds is 3. The van der Waals surface area contributed by atoms with E-state index in [1.54, 1.807) is 0 Å². The number of carboxylic acid groups (broad SMARTS) is 1. The molecule has 0 unspecified atom stereocenters. The Kier molecular flexibility index (Phi) is 2.85. The van der Waals surface area contributed by atoms with E-state index < -0.39 is 11.9 Å². The minimum atomic E-state index is -1.13. The molecule has 2 rings (SSSR count). The zero-order chi connectivity index (χ0) is 11.5. The molecule has 0 saturated heterocycles. The van der Waals surface area contributed by atoms with Crippen molar-refractivity contribution in [1.82, 2.24) is 10.3 Å². The van der Waals surface area contributed by atoms with Gasteiger partial charge < -0.3 is 10.4 Å². The number of carboxylic acids is 1. The van der Waals surface area contributed by atoms with E-state index >= 15 is 0 Å². The number of nitrogens with one attached hydrogen (secondary N) is 1. The Morgan fingerprint density at radius 1 is 1.44 bits per heavy atom. The number of aromatic nitrogens is 1. The number of nitrogens with zero attached hydrogens (tertiary/aromatic N) is 1. The fourth-order valence-electron chi connectivity index (χ4n) is 1.57. The molecular weight excluding hydrogens is 208 g/mol. The van der Waals surface area contributed by atoms with Crippen molar-refractivity contribution in [3.05, 3.63) is 29.6 Å². The summed E-state index contributed by atoms with van der Waals surface area (Å²) in [6, 6.07) is 3.06. The molecule has 0 aromatic carbocycles. The number of carbonyl (C=O) groups excluding carboxylic acids is 1. The molecule has 0 aliphatic heterocycles. The number of amides is 1. The van der Waals surface area contributed by atoms with E-state index in [9.17, 15) is 9.59 Å². The fraction of sp³-hybridized carbons (Fsp3) is 0.364. The molecule has 1 fully saturated rings. The average Bonchev–Trinajstić information content (AvgIpc) is 2.23. The Labute approximate surface area is 92.5 Å². The summed E-state index contributed by atoms with van der Waals surface area (Å²) in [6.45, 7) is 0. The Bertz CT molecular complexity index is 427. The average molecular weight is 220 g/mol. The van der Waals surface area contributed by atoms with Gasteiger partial charge in [-0.25, -0.2) is 4.79 Å². The van der Waals surface area contributed by atoms with Crippen molar-refractivity contribution in [2.45, 2.75) is 25.3 Å². The number of pyridine rings is 1. The topological polar surface area (TPSA) is 79.3 Å². The minimum absolute atomic E-state index is 0.0121. The summed E-state index contributed by atoms with van der Waals surface area (Å²) in [5, 5.41) is 11.7. The van der Waals surface area contributed by atoms with Gasteiger partial charge in [0.1, 0.15) is 5.69 Å². The first-order valence-corrected chi connectivity index (χ1v) is 5.17. The lowest BCUT2D eigenvalue weighted by Gasteiger charge is -2.26. The van der Waals surface area contributed by atoms with Crippen molar-refractivity contribution in [3.8, 4) is 0 Å². The molecular formula is C11H12N2O3. The van der Waals surface area contributed by atoms with Gasteiger partial charge in [0.2, 0.25) is 0 Å². The van der Waals surface area contributed by atoms with E-state index in [0.29, 0.717) is 0 Å². The molecule has 0 atom stereocenters. The predicted molar refractivity (Wildman–Crippen MR) is 56.3 cm³/mol. The second-order valence-electron chi connectivity index (χ2n) is 3.81. The van der Waals surface area contributed by atoms with Crippen LogP contribution in [0, 0.1) is 0 Å². The van der Waals surface area contributed by atoms with E-state index in [4.69, 9.17) is 5.11 Å². The third-order valence-corrected chi connectivity index (χ3v) is 2.69. The van der Waals surface area contributed by atoms with Gasteiger partial charge in [-0.05, 0) is 31.4 Å². The SMILES string of the molecule is O=C(O)c1cccnc1C(=O)NC1CCC1. The summed E-state index contributed by atoms with van der Waals surface area (Å²) in [4.78, 5) is 26.4. The lowest BCUT2D eigenvalue weighted by atomic mass is 9.93. The van der Waals surface area contributed by atoms with E-state index in [0.717, 1.165) is 19.3 Å². The van der Waals surface area contributed by atoms with Gasteiger partial charge in [-0.15, -0.1) is 0 Å². The smallest absolute Gasteiger partial charge is 0.338 e. The first-order chi connectivity index (χ1) is 7.68. The number of hydrogen-bond acceptors (Lipinski definition) is 3. The van der Waals surface area contributed by atoms with E-state index in [1.807, 2.05) is 0 Å². The van der Waals surface area contributed by atoms with Gasteiger partial charge in [-0.3, -0.25) is 9.78 Å². The van der Waals surface area contributed by atoms with Crippen LogP contribution in [0.1, 0.15) is 40.1 Å². The molecule has 0 radical (unpaired) electrons. The Morgan fingerprint density at radius 2 is 2.19 bits per heavy atom. The highest BCUT2D eigenvalue weighted by Crippen LogP contribution is 2.18. The maximum atomic E-state index is 11.7. The fourth-order valence-corrected chi connectivity index (χ4v) is 1.57. The third kappa shape index (κ3) is 2.03. The van der Waals surface area contributed by atoms with Gasteiger partial charge in [-0.2, -0.15) is 0 Å². The van der Waals surface area contributed by atoms with Crippen LogP contribution in [0.3, 0.4) is 0 Å². The number of carbonyl (C=O) groups is 2. The highest BCUT2D eigenvalue weighted by molar-refractivity contribution is 6.03. The van der Waals surface area contributed by atoms with Crippen molar-refractivity contribution in [2.75, 3.05) is 0 Å². The van der Waals surface area contributed by atoms with Crippen LogP contribution in [0.4, 0.5) is 0 Å². The maximum absolute atomic E-state index is 11.7. The van der Waals surface area contributed by atoms with Gasteiger partial charge in [0.25, 0.3) is 5.91 Å². The summed E-state index contributed by atoms with van der Waals surface area (Å²) < 4.78 is 0. The zero-order valence-corrected chi connectivity index (χ0v) is 8.64. The minimum Gasteiger partial charge on any atom is -0.478 e. The highest BCUT2D eigenvalue weighted by Gasteiger charge is 2.23. The largest absolute Gasteiger partial charge is 0.478 e. The third-order valence-electron chi connectivity index (χ3n) is 2.69. The van der Waals surface area contributed by atoms with Crippen LogP contribution >= 0.6 is 0 Å². The Morgan fingerprint density at radius 3 is 2.75 bits per heavy atom. The van der Waals surface area contributed by atoms with E-state index in [-0.39, 0.29) is 17.3 Å². The lowest BCUT2D eigenvalue weighted by molar-refractivity contribution is 0.0688. The Hall–Kier alpha value is -1.91. The molecule has 1 aliphatic carbocycles. The van der Waals surface area contributed by atoms with Crippen LogP contribution in [0.15, 0.2) is 18.3 Å². The molecule has 0 spiro atoms. The lowest BCUT2D eigenvalue weighted by Crippen LogP contribution is -2.40. The monoisotopic (exact) mass is 220 g/mol. The van der Waals surface area contributed by atoms with Crippen LogP contribution in [0.25, 0.3) is 0 Å². The summed E-state index contributed by atoms with van der Waals surface area (Å²) >= 11 is 0. The van der Waals surface area contributed by atoms with E-state index in [2.05, 4.69) is 10.3 Å². The molecule has 16 heavy (non-hydrogen) atoms. The van der Waals surface area contributed by atoms with Crippen molar-refractivity contribution < 1.29 is 14.7 Å². The van der Waals surface area contributed by atoms with E-state index in [1.165, 1.54) is 18.3 Å². The van der Waals surface area contributed by atoms with Crippen molar-refractivity contribution in [1.29, 1.82) is 0 Å². The molecule has 5 nitrogen and oxygen atoms in total. The molecule has 1 aliphatic rings. The molecule has 84 valence electrons. The number of hydrogen-bond donors (Lipinski definition) is 2. The van der Waals surface area contributed by atoms with Crippen LogP contribution in [-0.4, -0.2) is 28.0 Å². The summed E-state index contributed by atoms with van der Waals surface area (Å²) in [6.07, 6.45) is 4.45. The first kappa shape index (κ1) is 10.6. The van der Waals surface area contributed by atoms with Crippen LogP contribution < -0.4 is 5.32 Å². The summed E-state index contributed by atoms with van der Waals surface area (Å²) in [5.41, 5.74) is -0.0683. The quantitative estimate of drug-likeness (QED) is 0.798. The van der Waals surface area contributed by atoms with Crippen LogP contribution in [0.2, 0.25) is 0 Å². The molecule has 1 saturated carbocycles. The van der Waals surface area contributed by atoms with Crippen molar-refractivity contribution >= 4 is 11.9 Å². The molecule has 1 heterocycles. The standard InChI is InChI=1S/C11H12N2O3/c14-10(13-7-3-1-4-7)9-8(11(15)16)5-2-6-12-9/h2,5-7H,1,3-4H2,(H,13,14)(H,15,16). The van der Waals surface area contributed by atoms with Gasteiger partial charge in [0, 0.05) is 12.2 Å². The van der Waals surface area contributed by atoms with Crippen LogP contribution in [-0.2, 0) is 0 Å². The van der Waals surface area contributed by atoms with Crippen molar-refractivity contribution in [3.63, 3.8) is 0 Å². The van der Waals surface area contributed by atoms with Gasteiger partial charge in [-0.1, -0.05) is 0 Å². The Balaban J connectivity index is 2.18. The number of aromatic carboxylic acids is 1. The molecule has 5 heteroatoms. The van der Waals surface area contributed by atoms with Crippen LogP contribution in [0.5, 0.6) is 0 Å². The highest BCUT2D eigenvalue weighted by atomic mass is 16.4. The van der Waals surface area contributed by atoms with Crippen molar-refractivity contribution in [2.24, 2.45) is 0 Å². The molecule has 2 N–H and O–H groups in total.